The van der Waals surface area contributed by atoms with Gasteiger partial charge in [0.1, 0.15) is 11.5 Å². The van der Waals surface area contributed by atoms with Crippen molar-refractivity contribution in [1.29, 1.82) is 0 Å². The second kappa shape index (κ2) is 17.4. The van der Waals surface area contributed by atoms with E-state index in [0.29, 0.717) is 30.2 Å². The molecule has 4 atom stereocenters. The van der Waals surface area contributed by atoms with Crippen LogP contribution < -0.4 is 19.5 Å². The highest BCUT2D eigenvalue weighted by molar-refractivity contribution is 7.92. The summed E-state index contributed by atoms with van der Waals surface area (Å²) >= 11 is 0. The maximum atomic E-state index is 14.4. The molecule has 0 bridgehead atoms. The molecule has 13 heteroatoms. The molecule has 49 heavy (non-hydrogen) atoms. The van der Waals surface area contributed by atoms with Gasteiger partial charge in [0.2, 0.25) is 0 Å². The summed E-state index contributed by atoms with van der Waals surface area (Å²) in [5.74, 6) is 0.304. The summed E-state index contributed by atoms with van der Waals surface area (Å²) in [6.45, 7) is 6.20. The van der Waals surface area contributed by atoms with Crippen LogP contribution in [0.25, 0.3) is 0 Å². The Morgan fingerprint density at radius 3 is 2.43 bits per heavy atom. The Morgan fingerprint density at radius 2 is 1.76 bits per heavy atom. The van der Waals surface area contributed by atoms with Crippen LogP contribution in [0.2, 0.25) is 0 Å². The first-order chi connectivity index (χ1) is 23.4. The minimum Gasteiger partial charge on any atom is -0.497 e. The third-order valence-corrected chi connectivity index (χ3v) is 9.90. The van der Waals surface area contributed by atoms with Crippen LogP contribution in [-0.4, -0.2) is 94.0 Å². The number of anilines is 2. The van der Waals surface area contributed by atoms with Crippen LogP contribution in [0.4, 0.5) is 16.2 Å². The Morgan fingerprint density at radius 1 is 1.06 bits per heavy atom. The van der Waals surface area contributed by atoms with E-state index in [1.54, 1.807) is 85.5 Å². The lowest BCUT2D eigenvalue weighted by atomic mass is 10.0. The summed E-state index contributed by atoms with van der Waals surface area (Å²) in [7, 11) is -0.662. The quantitative estimate of drug-likeness (QED) is 0.268. The first kappa shape index (κ1) is 37.5. The highest BCUT2D eigenvalue weighted by Crippen LogP contribution is 2.29. The van der Waals surface area contributed by atoms with Crippen LogP contribution in [0.15, 0.2) is 77.7 Å². The molecule has 1 aliphatic rings. The van der Waals surface area contributed by atoms with Gasteiger partial charge in [0.05, 0.1) is 42.4 Å². The van der Waals surface area contributed by atoms with E-state index < -0.39 is 28.1 Å². The lowest BCUT2D eigenvalue weighted by molar-refractivity contribution is -0.0115. The third-order valence-electron chi connectivity index (χ3n) is 8.50. The summed E-state index contributed by atoms with van der Waals surface area (Å²) in [6, 6.07) is 18.7. The fraction of sp³-hybridized carbons (Fsp3) is 0.444. The van der Waals surface area contributed by atoms with Gasteiger partial charge < -0.3 is 34.4 Å². The van der Waals surface area contributed by atoms with Crippen LogP contribution in [0.5, 0.6) is 11.5 Å². The minimum atomic E-state index is -3.92. The Bertz CT molecular complexity index is 1640. The fourth-order valence-electron chi connectivity index (χ4n) is 5.51. The standard InChI is InChI=1S/C36H48N4O8S/c1-25-22-40(26(2)24-41)35(42)32-21-29(38-49(44,45)31-12-7-6-8-13-31)16-19-33(32)48-27(3)11-9-10-20-47-34(25)23-39(4)36(43)37-28-14-17-30(46-5)18-15-28/h6-8,12-19,21,25-27,34,38,41H,9-11,20,22-24H2,1-5H3,(H,37,43)/t25-,26+,27-,34-/m1/s1. The molecule has 1 heterocycles. The molecule has 1 aliphatic heterocycles. The van der Waals surface area contributed by atoms with E-state index in [9.17, 15) is 23.1 Å². The van der Waals surface area contributed by atoms with Gasteiger partial charge in [0, 0.05) is 44.0 Å². The van der Waals surface area contributed by atoms with Gasteiger partial charge in [-0.15, -0.1) is 0 Å². The van der Waals surface area contributed by atoms with Gasteiger partial charge >= 0.3 is 6.03 Å². The molecule has 12 nitrogen and oxygen atoms in total. The number of hydrogen-bond acceptors (Lipinski definition) is 8. The van der Waals surface area contributed by atoms with Gasteiger partial charge in [-0.05, 0) is 87.7 Å². The van der Waals surface area contributed by atoms with Gasteiger partial charge in [-0.2, -0.15) is 0 Å². The topological polar surface area (TPSA) is 147 Å². The van der Waals surface area contributed by atoms with Crippen molar-refractivity contribution < 1.29 is 37.3 Å². The monoisotopic (exact) mass is 696 g/mol. The average molecular weight is 697 g/mol. The first-order valence-corrected chi connectivity index (χ1v) is 18.0. The molecular weight excluding hydrogens is 648 g/mol. The number of aliphatic hydroxyl groups is 1. The number of ether oxygens (including phenoxy) is 3. The average Bonchev–Trinajstić information content (AvgIpc) is 3.10. The zero-order valence-corrected chi connectivity index (χ0v) is 29.6. The van der Waals surface area contributed by atoms with E-state index in [2.05, 4.69) is 10.0 Å². The SMILES string of the molecule is COc1ccc(NC(=O)N(C)C[C@H]2OCCCC[C@@H](C)Oc3ccc(NS(=O)(=O)c4ccccc4)cc3C(=O)N([C@@H](C)CO)C[C@H]2C)cc1. The van der Waals surface area contributed by atoms with Crippen molar-refractivity contribution in [2.45, 2.75) is 63.2 Å². The predicted molar refractivity (Wildman–Crippen MR) is 189 cm³/mol. The largest absolute Gasteiger partial charge is 0.497 e. The third kappa shape index (κ3) is 10.3. The van der Waals surface area contributed by atoms with E-state index in [1.807, 2.05) is 13.8 Å². The molecule has 4 rings (SSSR count). The Balaban J connectivity index is 1.60. The number of amides is 3. The van der Waals surface area contributed by atoms with Crippen LogP contribution >= 0.6 is 0 Å². The molecule has 0 radical (unpaired) electrons. The molecule has 0 saturated carbocycles. The molecule has 0 saturated heterocycles. The number of sulfonamides is 1. The van der Waals surface area contributed by atoms with Gasteiger partial charge in [-0.3, -0.25) is 9.52 Å². The van der Waals surface area contributed by atoms with Crippen molar-refractivity contribution in [1.82, 2.24) is 9.80 Å². The van der Waals surface area contributed by atoms with E-state index in [-0.39, 0.29) is 53.9 Å². The minimum absolute atomic E-state index is 0.0873. The van der Waals surface area contributed by atoms with Crippen molar-refractivity contribution >= 4 is 33.3 Å². The van der Waals surface area contributed by atoms with Crippen molar-refractivity contribution in [3.05, 3.63) is 78.4 Å². The zero-order valence-electron chi connectivity index (χ0n) is 28.8. The lowest BCUT2D eigenvalue weighted by Gasteiger charge is -2.35. The zero-order chi connectivity index (χ0) is 35.6. The molecule has 3 N–H and O–H groups in total. The van der Waals surface area contributed by atoms with E-state index in [1.165, 1.54) is 18.2 Å². The van der Waals surface area contributed by atoms with Gasteiger partial charge in [0.15, 0.2) is 0 Å². The number of fused-ring (bicyclic) bond motifs is 1. The number of likely N-dealkylation sites (N-methyl/N-ethyl adjacent to an activating group) is 1. The first-order valence-electron chi connectivity index (χ1n) is 16.5. The van der Waals surface area contributed by atoms with Gasteiger partial charge in [0.25, 0.3) is 15.9 Å². The maximum Gasteiger partial charge on any atom is 0.321 e. The maximum absolute atomic E-state index is 14.4. The smallest absolute Gasteiger partial charge is 0.321 e. The highest BCUT2D eigenvalue weighted by Gasteiger charge is 2.31. The van der Waals surface area contributed by atoms with Crippen LogP contribution in [0, 0.1) is 5.92 Å². The summed E-state index contributed by atoms with van der Waals surface area (Å²) in [6.07, 6.45) is 1.59. The molecule has 266 valence electrons. The second-order valence-corrected chi connectivity index (χ2v) is 14.2. The summed E-state index contributed by atoms with van der Waals surface area (Å²) in [5.41, 5.74) is 0.980. The fourth-order valence-corrected chi connectivity index (χ4v) is 6.58. The number of nitrogens with one attached hydrogen (secondary N) is 2. The molecule has 0 fully saturated rings. The summed E-state index contributed by atoms with van der Waals surface area (Å²) < 4.78 is 46.6. The molecule has 3 amide bonds. The Hall–Kier alpha value is -4.33. The van der Waals surface area contributed by atoms with Crippen molar-refractivity contribution in [2.24, 2.45) is 5.92 Å². The summed E-state index contributed by atoms with van der Waals surface area (Å²) in [5, 5.41) is 13.1. The molecule has 3 aromatic carbocycles. The van der Waals surface area contributed by atoms with E-state index in [4.69, 9.17) is 14.2 Å². The Labute approximate surface area is 289 Å². The number of methoxy groups -OCH3 is 1. The number of nitrogens with zero attached hydrogens (tertiary/aromatic N) is 2. The van der Waals surface area contributed by atoms with Gasteiger partial charge in [-0.25, -0.2) is 13.2 Å². The summed E-state index contributed by atoms with van der Waals surface area (Å²) in [4.78, 5) is 30.7. The second-order valence-electron chi connectivity index (χ2n) is 12.5. The predicted octanol–water partition coefficient (Wildman–Crippen LogP) is 5.46. The Kier molecular flexibility index (Phi) is 13.3. The molecule has 0 aliphatic carbocycles. The molecule has 0 aromatic heterocycles. The molecular formula is C36H48N4O8S. The van der Waals surface area contributed by atoms with Crippen molar-refractivity contribution in [3.8, 4) is 11.5 Å². The highest BCUT2D eigenvalue weighted by atomic mass is 32.2. The number of aliphatic hydroxyl groups excluding tert-OH is 1. The normalized spacial score (nSPS) is 19.8. The number of hydrogen-bond donors (Lipinski definition) is 3. The molecule has 0 spiro atoms. The van der Waals surface area contributed by atoms with Crippen molar-refractivity contribution in [3.63, 3.8) is 0 Å². The van der Waals surface area contributed by atoms with Crippen LogP contribution in [0.1, 0.15) is 50.4 Å². The van der Waals surface area contributed by atoms with E-state index in [0.717, 1.165) is 12.8 Å². The van der Waals surface area contributed by atoms with Gasteiger partial charge in [-0.1, -0.05) is 25.1 Å². The number of benzene rings is 3. The number of urea groups is 1. The van der Waals surface area contributed by atoms with Crippen LogP contribution in [0.3, 0.4) is 0 Å². The van der Waals surface area contributed by atoms with Crippen molar-refractivity contribution in [2.75, 3.05) is 50.5 Å². The van der Waals surface area contributed by atoms with Crippen LogP contribution in [-0.2, 0) is 14.8 Å². The van der Waals surface area contributed by atoms with E-state index >= 15 is 0 Å². The lowest BCUT2D eigenvalue weighted by Crippen LogP contribution is -2.48. The number of carbonyl (C=O) groups excluding carboxylic acids is 2. The number of carbonyl (C=O) groups is 2. The molecule has 3 aromatic rings. The molecule has 0 unspecified atom stereocenters. The number of rotatable bonds is 9.